The molecule has 2 aromatic rings. The van der Waals surface area contributed by atoms with Crippen molar-refractivity contribution in [2.75, 3.05) is 25.0 Å². The third-order valence-corrected chi connectivity index (χ3v) is 4.18. The third kappa shape index (κ3) is 4.69. The van der Waals surface area contributed by atoms with Crippen molar-refractivity contribution in [1.82, 2.24) is 24.8 Å². The summed E-state index contributed by atoms with van der Waals surface area (Å²) in [4.78, 5) is 30.9. The first kappa shape index (κ1) is 17.2. The molecule has 0 unspecified atom stereocenters. The molecule has 0 aromatic carbocycles. The summed E-state index contributed by atoms with van der Waals surface area (Å²) in [6.45, 7) is 5.80. The minimum Gasteiger partial charge on any atom is -0.369 e. The van der Waals surface area contributed by atoms with Gasteiger partial charge in [-0.1, -0.05) is 0 Å². The zero-order valence-electron chi connectivity index (χ0n) is 14.6. The summed E-state index contributed by atoms with van der Waals surface area (Å²) in [6.07, 6.45) is 5.48. The molecular formula is C17H23N7O. The summed E-state index contributed by atoms with van der Waals surface area (Å²) in [5, 5.41) is 3.12. The number of nitrogens with two attached hydrogens (primary N) is 1. The lowest BCUT2D eigenvalue weighted by atomic mass is 9.95. The van der Waals surface area contributed by atoms with Crippen LogP contribution in [0.5, 0.6) is 0 Å². The molecule has 1 atom stereocenters. The van der Waals surface area contributed by atoms with E-state index in [0.717, 1.165) is 43.0 Å². The number of rotatable bonds is 5. The predicted molar refractivity (Wildman–Crippen MR) is 94.4 cm³/mol. The molecular weight excluding hydrogens is 318 g/mol. The summed E-state index contributed by atoms with van der Waals surface area (Å²) < 4.78 is 0. The fraction of sp³-hybridized carbons (Fsp3) is 0.471. The molecule has 3 N–H and O–H groups in total. The zero-order chi connectivity index (χ0) is 17.8. The van der Waals surface area contributed by atoms with Gasteiger partial charge in [-0.3, -0.25) is 14.7 Å². The van der Waals surface area contributed by atoms with Gasteiger partial charge in [-0.05, 0) is 39.3 Å². The lowest BCUT2D eigenvalue weighted by Crippen LogP contribution is -2.40. The number of likely N-dealkylation sites (tertiary alicyclic amines) is 1. The highest BCUT2D eigenvalue weighted by atomic mass is 16.1. The normalized spacial score (nSPS) is 18.1. The maximum absolute atomic E-state index is 11.2. The molecule has 132 valence electrons. The van der Waals surface area contributed by atoms with E-state index in [1.165, 1.54) is 0 Å². The number of piperidine rings is 1. The van der Waals surface area contributed by atoms with E-state index in [2.05, 4.69) is 30.2 Å². The lowest BCUT2D eigenvalue weighted by molar-refractivity contribution is -0.119. The van der Waals surface area contributed by atoms with Crippen LogP contribution in [0.1, 0.15) is 35.8 Å². The average Bonchev–Trinajstić information content (AvgIpc) is 2.54. The van der Waals surface area contributed by atoms with E-state index in [9.17, 15) is 4.79 Å². The number of amides is 1. The summed E-state index contributed by atoms with van der Waals surface area (Å²) in [7, 11) is 0. The third-order valence-electron chi connectivity index (χ3n) is 4.18. The summed E-state index contributed by atoms with van der Waals surface area (Å²) in [5.41, 5.74) is 8.01. The Morgan fingerprint density at radius 2 is 2.04 bits per heavy atom. The first-order valence-corrected chi connectivity index (χ1v) is 8.41. The van der Waals surface area contributed by atoms with Crippen molar-refractivity contribution < 1.29 is 4.79 Å². The van der Waals surface area contributed by atoms with Crippen LogP contribution in [0.4, 0.5) is 11.8 Å². The van der Waals surface area contributed by atoms with Crippen LogP contribution in [0.15, 0.2) is 18.5 Å². The van der Waals surface area contributed by atoms with Gasteiger partial charge >= 0.3 is 0 Å². The number of nitrogens with one attached hydrogen (secondary N) is 1. The molecule has 2 aromatic heterocycles. The molecule has 1 aliphatic heterocycles. The molecule has 1 fully saturated rings. The smallest absolute Gasteiger partial charge is 0.231 e. The van der Waals surface area contributed by atoms with Gasteiger partial charge in [-0.2, -0.15) is 0 Å². The van der Waals surface area contributed by atoms with Crippen LogP contribution in [0, 0.1) is 13.8 Å². The van der Waals surface area contributed by atoms with E-state index in [1.807, 2.05) is 19.9 Å². The Balaban J connectivity index is 1.73. The van der Waals surface area contributed by atoms with Gasteiger partial charge in [0.2, 0.25) is 11.9 Å². The molecule has 8 nitrogen and oxygen atoms in total. The van der Waals surface area contributed by atoms with E-state index in [0.29, 0.717) is 11.8 Å². The Labute approximate surface area is 146 Å². The highest BCUT2D eigenvalue weighted by Crippen LogP contribution is 2.26. The number of aromatic nitrogens is 4. The van der Waals surface area contributed by atoms with E-state index in [1.54, 1.807) is 12.4 Å². The second-order valence-corrected chi connectivity index (χ2v) is 6.47. The number of carbonyl (C=O) groups is 1. The van der Waals surface area contributed by atoms with E-state index in [-0.39, 0.29) is 18.4 Å². The van der Waals surface area contributed by atoms with Crippen molar-refractivity contribution in [1.29, 1.82) is 0 Å². The topological polar surface area (TPSA) is 110 Å². The Bertz CT molecular complexity index is 744. The molecule has 0 spiro atoms. The maximum atomic E-state index is 11.2. The fourth-order valence-electron chi connectivity index (χ4n) is 3.20. The van der Waals surface area contributed by atoms with Gasteiger partial charge in [0.25, 0.3) is 0 Å². The first-order valence-electron chi connectivity index (χ1n) is 8.41. The van der Waals surface area contributed by atoms with Crippen LogP contribution in [0.2, 0.25) is 0 Å². The molecule has 1 aliphatic rings. The average molecular weight is 341 g/mol. The largest absolute Gasteiger partial charge is 0.369 e. The Morgan fingerprint density at radius 1 is 1.28 bits per heavy atom. The van der Waals surface area contributed by atoms with Gasteiger partial charge in [0.15, 0.2) is 5.82 Å². The molecule has 0 radical (unpaired) electrons. The molecule has 0 aliphatic carbocycles. The number of anilines is 2. The molecule has 25 heavy (non-hydrogen) atoms. The molecule has 3 rings (SSSR count). The summed E-state index contributed by atoms with van der Waals surface area (Å²) in [6, 6.07) is 1.92. The SMILES string of the molecule is Cc1cc(C)nc(Nc2cncc([C@H]3CCCN(CC(N)=O)C3)n2)n1. The minimum absolute atomic E-state index is 0.238. The number of aryl methyl sites for hydroxylation is 2. The second-order valence-electron chi connectivity index (χ2n) is 6.47. The van der Waals surface area contributed by atoms with Crippen LogP contribution in [-0.2, 0) is 4.79 Å². The van der Waals surface area contributed by atoms with Crippen molar-refractivity contribution in [2.45, 2.75) is 32.6 Å². The monoisotopic (exact) mass is 341 g/mol. The maximum Gasteiger partial charge on any atom is 0.231 e. The van der Waals surface area contributed by atoms with Crippen molar-refractivity contribution >= 4 is 17.7 Å². The molecule has 0 saturated carbocycles. The van der Waals surface area contributed by atoms with Gasteiger partial charge in [0, 0.05) is 30.0 Å². The number of hydrogen-bond donors (Lipinski definition) is 2. The van der Waals surface area contributed by atoms with Crippen molar-refractivity contribution in [3.8, 4) is 0 Å². The van der Waals surface area contributed by atoms with Gasteiger partial charge in [0.1, 0.15) is 0 Å². The number of hydrogen-bond acceptors (Lipinski definition) is 7. The lowest BCUT2D eigenvalue weighted by Gasteiger charge is -2.31. The summed E-state index contributed by atoms with van der Waals surface area (Å²) >= 11 is 0. The predicted octanol–water partition coefficient (Wildman–Crippen LogP) is 1.29. The van der Waals surface area contributed by atoms with Gasteiger partial charge < -0.3 is 11.1 Å². The molecule has 1 saturated heterocycles. The highest BCUT2D eigenvalue weighted by molar-refractivity contribution is 5.75. The van der Waals surface area contributed by atoms with E-state index >= 15 is 0 Å². The second kappa shape index (κ2) is 7.52. The Kier molecular flexibility index (Phi) is 5.18. The van der Waals surface area contributed by atoms with E-state index in [4.69, 9.17) is 5.73 Å². The van der Waals surface area contributed by atoms with Crippen LogP contribution in [0.25, 0.3) is 0 Å². The first-order chi connectivity index (χ1) is 12.0. The molecule has 1 amide bonds. The number of nitrogens with zero attached hydrogens (tertiary/aromatic N) is 5. The van der Waals surface area contributed by atoms with Crippen molar-refractivity contribution in [3.05, 3.63) is 35.5 Å². The van der Waals surface area contributed by atoms with Crippen molar-refractivity contribution in [2.24, 2.45) is 5.73 Å². The van der Waals surface area contributed by atoms with E-state index < -0.39 is 0 Å². The van der Waals surface area contributed by atoms with Crippen LogP contribution < -0.4 is 11.1 Å². The molecule has 3 heterocycles. The van der Waals surface area contributed by atoms with Gasteiger partial charge in [-0.25, -0.2) is 15.0 Å². The van der Waals surface area contributed by atoms with Crippen LogP contribution >= 0.6 is 0 Å². The van der Waals surface area contributed by atoms with Crippen LogP contribution in [-0.4, -0.2) is 50.4 Å². The Morgan fingerprint density at radius 3 is 2.76 bits per heavy atom. The summed E-state index contributed by atoms with van der Waals surface area (Å²) in [5.74, 6) is 1.08. The van der Waals surface area contributed by atoms with Crippen LogP contribution in [0.3, 0.4) is 0 Å². The van der Waals surface area contributed by atoms with Gasteiger partial charge in [-0.15, -0.1) is 0 Å². The quantitative estimate of drug-likeness (QED) is 0.843. The Hall–Kier alpha value is -2.61. The molecule has 0 bridgehead atoms. The molecule has 8 heteroatoms. The van der Waals surface area contributed by atoms with Gasteiger partial charge in [0.05, 0.1) is 18.4 Å². The number of carbonyl (C=O) groups excluding carboxylic acids is 1. The fourth-order valence-corrected chi connectivity index (χ4v) is 3.20. The van der Waals surface area contributed by atoms with Crippen molar-refractivity contribution in [3.63, 3.8) is 0 Å². The highest BCUT2D eigenvalue weighted by Gasteiger charge is 2.23. The standard InChI is InChI=1S/C17H23N7O/c1-11-6-12(2)21-17(20-11)23-16-8-19-7-14(22-16)13-4-3-5-24(9-13)10-15(18)25/h6-8,13H,3-5,9-10H2,1-2H3,(H2,18,25)(H,20,21,22,23)/t13-/m0/s1. The minimum atomic E-state index is -0.297. The zero-order valence-corrected chi connectivity index (χ0v) is 14.6. The number of primary amides is 1.